The topological polar surface area (TPSA) is 46.6 Å². The van der Waals surface area contributed by atoms with E-state index in [4.69, 9.17) is 4.18 Å². The molecule has 0 fully saturated rings. The lowest BCUT2D eigenvalue weighted by Crippen LogP contribution is -2.28. The second-order valence-corrected chi connectivity index (χ2v) is 6.01. The number of para-hydroxylation sites is 1. The third kappa shape index (κ3) is 6.02. The molecule has 0 aliphatic carbocycles. The molecule has 1 aromatic carbocycles. The highest BCUT2D eigenvalue weighted by molar-refractivity contribution is 7.87. The molecule has 0 radical (unpaired) electrons. The number of nitrogens with zero attached hydrogens (tertiary/aromatic N) is 1. The third-order valence-corrected chi connectivity index (χ3v) is 3.71. The van der Waals surface area contributed by atoms with Gasteiger partial charge in [0, 0.05) is 6.54 Å². The van der Waals surface area contributed by atoms with Crippen molar-refractivity contribution in [1.29, 1.82) is 0 Å². The van der Waals surface area contributed by atoms with Crippen LogP contribution in [0.1, 0.15) is 19.8 Å². The molecule has 18 heavy (non-hydrogen) atoms. The first-order chi connectivity index (χ1) is 8.53. The van der Waals surface area contributed by atoms with Gasteiger partial charge in [-0.1, -0.05) is 31.5 Å². The van der Waals surface area contributed by atoms with Gasteiger partial charge in [0.2, 0.25) is 0 Å². The van der Waals surface area contributed by atoms with Crippen molar-refractivity contribution < 1.29 is 12.6 Å². The first kappa shape index (κ1) is 15.0. The first-order valence-corrected chi connectivity index (χ1v) is 7.77. The highest BCUT2D eigenvalue weighted by Gasteiger charge is 2.13. The summed E-state index contributed by atoms with van der Waals surface area (Å²) in [4.78, 5) is 2.01. The van der Waals surface area contributed by atoms with E-state index < -0.39 is 10.1 Å². The Morgan fingerprint density at radius 3 is 2.44 bits per heavy atom. The lowest BCUT2D eigenvalue weighted by molar-refractivity contribution is 0.342. The van der Waals surface area contributed by atoms with Crippen molar-refractivity contribution in [3.63, 3.8) is 0 Å². The minimum atomic E-state index is -3.50. The molecule has 0 aliphatic heterocycles. The predicted molar refractivity (Wildman–Crippen MR) is 73.3 cm³/mol. The van der Waals surface area contributed by atoms with Crippen molar-refractivity contribution >= 4 is 10.1 Å². The van der Waals surface area contributed by atoms with E-state index in [1.165, 1.54) is 0 Å². The highest BCUT2D eigenvalue weighted by atomic mass is 32.2. The molecule has 0 saturated carbocycles. The fourth-order valence-corrected chi connectivity index (χ4v) is 2.49. The van der Waals surface area contributed by atoms with E-state index in [9.17, 15) is 8.42 Å². The zero-order valence-corrected chi connectivity index (χ0v) is 11.8. The van der Waals surface area contributed by atoms with Gasteiger partial charge in [0.15, 0.2) is 0 Å². The van der Waals surface area contributed by atoms with E-state index in [0.29, 0.717) is 12.3 Å². The second kappa shape index (κ2) is 7.38. The molecule has 0 N–H and O–H groups in total. The predicted octanol–water partition coefficient (Wildman–Crippen LogP) is 2.13. The van der Waals surface area contributed by atoms with Crippen LogP contribution in [0.25, 0.3) is 0 Å². The first-order valence-electron chi connectivity index (χ1n) is 6.19. The summed E-state index contributed by atoms with van der Waals surface area (Å²) in [5.74, 6) is 0.385. The number of hydrogen-bond acceptors (Lipinski definition) is 4. The summed E-state index contributed by atoms with van der Waals surface area (Å²) in [6, 6.07) is 8.59. The number of rotatable bonds is 8. The van der Waals surface area contributed by atoms with Crippen LogP contribution in [0.4, 0.5) is 0 Å². The summed E-state index contributed by atoms with van der Waals surface area (Å²) in [6.45, 7) is 3.52. The molecule has 0 atom stereocenters. The molecule has 102 valence electrons. The average Bonchev–Trinajstić information content (AvgIpc) is 2.35. The molecular formula is C13H21NO3S. The van der Waals surface area contributed by atoms with Gasteiger partial charge >= 0.3 is 10.1 Å². The van der Waals surface area contributed by atoms with E-state index in [-0.39, 0.29) is 5.75 Å². The summed E-state index contributed by atoms with van der Waals surface area (Å²) in [5.41, 5.74) is 0. The van der Waals surface area contributed by atoms with Gasteiger partial charge in [-0.25, -0.2) is 0 Å². The Balaban J connectivity index is 2.41. The van der Waals surface area contributed by atoms with E-state index in [1.807, 2.05) is 18.0 Å². The van der Waals surface area contributed by atoms with Crippen molar-refractivity contribution in [2.24, 2.45) is 0 Å². The van der Waals surface area contributed by atoms with Crippen molar-refractivity contribution in [1.82, 2.24) is 4.90 Å². The zero-order chi connectivity index (χ0) is 13.4. The molecule has 1 aromatic rings. The van der Waals surface area contributed by atoms with Crippen molar-refractivity contribution in [3.8, 4) is 5.75 Å². The smallest absolute Gasteiger partial charge is 0.310 e. The number of unbranched alkanes of at least 4 members (excludes halogenated alkanes) is 1. The maximum Gasteiger partial charge on any atom is 0.310 e. The van der Waals surface area contributed by atoms with Gasteiger partial charge in [0.25, 0.3) is 0 Å². The summed E-state index contributed by atoms with van der Waals surface area (Å²) in [6.07, 6.45) is 2.19. The minimum absolute atomic E-state index is 0.0160. The fourth-order valence-electron chi connectivity index (χ4n) is 1.47. The molecule has 0 saturated heterocycles. The highest BCUT2D eigenvalue weighted by Crippen LogP contribution is 2.11. The van der Waals surface area contributed by atoms with Crippen LogP contribution in [-0.4, -0.2) is 39.2 Å². The van der Waals surface area contributed by atoms with Crippen LogP contribution < -0.4 is 4.18 Å². The van der Waals surface area contributed by atoms with E-state index in [0.717, 1.165) is 19.4 Å². The van der Waals surface area contributed by atoms with Gasteiger partial charge in [-0.2, -0.15) is 8.42 Å². The van der Waals surface area contributed by atoms with Gasteiger partial charge in [-0.15, -0.1) is 0 Å². The van der Waals surface area contributed by atoms with Crippen LogP contribution in [0.5, 0.6) is 5.75 Å². The molecule has 0 heterocycles. The number of hydrogen-bond donors (Lipinski definition) is 0. The molecule has 1 rings (SSSR count). The molecule has 0 spiro atoms. The molecule has 4 nitrogen and oxygen atoms in total. The number of benzene rings is 1. The summed E-state index contributed by atoms with van der Waals surface area (Å²) < 4.78 is 28.5. The van der Waals surface area contributed by atoms with Gasteiger partial charge in [0.1, 0.15) is 5.75 Å². The Labute approximate surface area is 110 Å². The molecule has 0 bridgehead atoms. The van der Waals surface area contributed by atoms with Gasteiger partial charge in [0.05, 0.1) is 5.75 Å². The van der Waals surface area contributed by atoms with Crippen LogP contribution in [0, 0.1) is 0 Å². The Hall–Kier alpha value is -1.07. The minimum Gasteiger partial charge on any atom is -0.382 e. The maximum atomic E-state index is 11.7. The molecule has 5 heteroatoms. The molecule has 0 aliphatic rings. The van der Waals surface area contributed by atoms with Crippen LogP contribution in [0.3, 0.4) is 0 Å². The Bertz CT molecular complexity index is 431. The van der Waals surface area contributed by atoms with E-state index in [2.05, 4.69) is 6.92 Å². The zero-order valence-electron chi connectivity index (χ0n) is 11.0. The quantitative estimate of drug-likeness (QED) is 0.680. The molecular weight excluding hydrogens is 250 g/mol. The maximum absolute atomic E-state index is 11.7. The second-order valence-electron chi connectivity index (χ2n) is 4.32. The van der Waals surface area contributed by atoms with Crippen molar-refractivity contribution in [2.75, 3.05) is 25.9 Å². The third-order valence-electron chi connectivity index (χ3n) is 2.58. The van der Waals surface area contributed by atoms with Crippen LogP contribution in [-0.2, 0) is 10.1 Å². The van der Waals surface area contributed by atoms with E-state index in [1.54, 1.807) is 24.3 Å². The average molecular weight is 271 g/mol. The van der Waals surface area contributed by atoms with E-state index >= 15 is 0 Å². The van der Waals surface area contributed by atoms with Crippen LogP contribution in [0.15, 0.2) is 30.3 Å². The lowest BCUT2D eigenvalue weighted by Gasteiger charge is -2.15. The normalized spacial score (nSPS) is 11.7. The fraction of sp³-hybridized carbons (Fsp3) is 0.538. The lowest BCUT2D eigenvalue weighted by atomic mass is 10.3. The van der Waals surface area contributed by atoms with Gasteiger partial charge < -0.3 is 9.08 Å². The van der Waals surface area contributed by atoms with Crippen molar-refractivity contribution in [3.05, 3.63) is 30.3 Å². The Morgan fingerprint density at radius 2 is 1.83 bits per heavy atom. The summed E-state index contributed by atoms with van der Waals surface area (Å²) in [5, 5.41) is 0. The summed E-state index contributed by atoms with van der Waals surface area (Å²) in [7, 11) is -1.57. The van der Waals surface area contributed by atoms with Crippen molar-refractivity contribution in [2.45, 2.75) is 19.8 Å². The Morgan fingerprint density at radius 1 is 1.17 bits per heavy atom. The molecule has 0 unspecified atom stereocenters. The standard InChI is InChI=1S/C13H21NO3S/c1-3-4-10-14(2)11-12-18(15,16)17-13-8-6-5-7-9-13/h5-9H,3-4,10-12H2,1-2H3. The molecule has 0 aromatic heterocycles. The Kier molecular flexibility index (Phi) is 6.15. The van der Waals surface area contributed by atoms with Gasteiger partial charge in [-0.05, 0) is 32.1 Å². The largest absolute Gasteiger partial charge is 0.382 e. The molecule has 0 amide bonds. The summed E-state index contributed by atoms with van der Waals surface area (Å²) >= 11 is 0. The SMILES string of the molecule is CCCCN(C)CCS(=O)(=O)Oc1ccccc1. The monoisotopic (exact) mass is 271 g/mol. The van der Waals surface area contributed by atoms with Crippen LogP contribution in [0.2, 0.25) is 0 Å². The van der Waals surface area contributed by atoms with Crippen LogP contribution >= 0.6 is 0 Å². The van der Waals surface area contributed by atoms with Gasteiger partial charge in [-0.3, -0.25) is 0 Å².